The molecule has 1 aromatic carbocycles. The summed E-state index contributed by atoms with van der Waals surface area (Å²) in [5.41, 5.74) is 1.72. The molecule has 0 atom stereocenters. The standard InChI is InChI=1S/C17H22N4O4/c22-10-9-20-16(3-6-18-20)13-4-7-19(8-5-13)12-14-11-15(21(24)25)1-2-17(14)23/h1-3,6,11,13,22-23H,4-5,7-10,12H2. The van der Waals surface area contributed by atoms with Crippen LogP contribution in [0.25, 0.3) is 0 Å². The topological polar surface area (TPSA) is 105 Å². The van der Waals surface area contributed by atoms with E-state index in [1.54, 1.807) is 6.20 Å². The quantitative estimate of drug-likeness (QED) is 0.611. The smallest absolute Gasteiger partial charge is 0.270 e. The van der Waals surface area contributed by atoms with Gasteiger partial charge in [-0.3, -0.25) is 19.7 Å². The number of hydrogen-bond acceptors (Lipinski definition) is 6. The van der Waals surface area contributed by atoms with Crippen molar-refractivity contribution in [1.82, 2.24) is 14.7 Å². The molecule has 0 unspecified atom stereocenters. The summed E-state index contributed by atoms with van der Waals surface area (Å²) in [6.07, 6.45) is 3.66. The Hall–Kier alpha value is -2.45. The molecule has 8 nitrogen and oxygen atoms in total. The summed E-state index contributed by atoms with van der Waals surface area (Å²) in [5.74, 6) is 0.484. The summed E-state index contributed by atoms with van der Waals surface area (Å²) in [6, 6.07) is 6.14. The molecule has 8 heteroatoms. The highest BCUT2D eigenvalue weighted by atomic mass is 16.6. The van der Waals surface area contributed by atoms with Gasteiger partial charge in [0, 0.05) is 42.0 Å². The van der Waals surface area contributed by atoms with Crippen LogP contribution in [0.4, 0.5) is 5.69 Å². The lowest BCUT2D eigenvalue weighted by Crippen LogP contribution is -2.33. The van der Waals surface area contributed by atoms with E-state index in [0.717, 1.165) is 31.6 Å². The van der Waals surface area contributed by atoms with Gasteiger partial charge in [-0.25, -0.2) is 0 Å². The minimum Gasteiger partial charge on any atom is -0.508 e. The molecule has 0 amide bonds. The van der Waals surface area contributed by atoms with Gasteiger partial charge >= 0.3 is 0 Å². The van der Waals surface area contributed by atoms with Crippen LogP contribution in [0, 0.1) is 10.1 Å². The number of rotatable bonds is 6. The van der Waals surface area contributed by atoms with Crippen LogP contribution in [-0.4, -0.2) is 49.5 Å². The monoisotopic (exact) mass is 346 g/mol. The Bertz CT molecular complexity index is 738. The molecule has 25 heavy (non-hydrogen) atoms. The van der Waals surface area contributed by atoms with Crippen LogP contribution in [-0.2, 0) is 13.1 Å². The Labute approximate surface area is 145 Å². The Morgan fingerprint density at radius 2 is 2.04 bits per heavy atom. The number of aromatic nitrogens is 2. The van der Waals surface area contributed by atoms with Crippen molar-refractivity contribution >= 4 is 5.69 Å². The normalized spacial score (nSPS) is 16.2. The van der Waals surface area contributed by atoms with Crippen LogP contribution in [0.5, 0.6) is 5.75 Å². The first kappa shape index (κ1) is 17.4. The minimum absolute atomic E-state index is 0.00408. The number of piperidine rings is 1. The fourth-order valence-electron chi connectivity index (χ4n) is 3.41. The first-order chi connectivity index (χ1) is 12.1. The zero-order valence-electron chi connectivity index (χ0n) is 13.9. The van der Waals surface area contributed by atoms with E-state index in [-0.39, 0.29) is 18.0 Å². The Morgan fingerprint density at radius 1 is 1.28 bits per heavy atom. The van der Waals surface area contributed by atoms with E-state index in [0.29, 0.717) is 24.6 Å². The Morgan fingerprint density at radius 3 is 2.72 bits per heavy atom. The molecular weight excluding hydrogens is 324 g/mol. The van der Waals surface area contributed by atoms with E-state index < -0.39 is 4.92 Å². The molecule has 134 valence electrons. The van der Waals surface area contributed by atoms with Crippen molar-refractivity contribution in [3.8, 4) is 5.75 Å². The van der Waals surface area contributed by atoms with Gasteiger partial charge in [0.1, 0.15) is 5.75 Å². The number of aromatic hydroxyl groups is 1. The molecule has 1 aliphatic rings. The molecule has 1 saturated heterocycles. The average Bonchev–Trinajstić information content (AvgIpc) is 3.06. The third-order valence-electron chi connectivity index (χ3n) is 4.73. The largest absolute Gasteiger partial charge is 0.508 e. The van der Waals surface area contributed by atoms with Crippen molar-refractivity contribution in [2.45, 2.75) is 31.8 Å². The Kier molecular flexibility index (Phi) is 5.30. The van der Waals surface area contributed by atoms with Crippen molar-refractivity contribution in [3.63, 3.8) is 0 Å². The lowest BCUT2D eigenvalue weighted by atomic mass is 9.93. The predicted molar refractivity (Wildman–Crippen MR) is 91.3 cm³/mol. The summed E-state index contributed by atoms with van der Waals surface area (Å²) in [5, 5.41) is 34.2. The summed E-state index contributed by atoms with van der Waals surface area (Å²) in [4.78, 5) is 12.6. The van der Waals surface area contributed by atoms with Crippen LogP contribution in [0.15, 0.2) is 30.5 Å². The lowest BCUT2D eigenvalue weighted by Gasteiger charge is -2.32. The van der Waals surface area contributed by atoms with Gasteiger partial charge in [0.05, 0.1) is 18.1 Å². The minimum atomic E-state index is -0.447. The first-order valence-corrected chi connectivity index (χ1v) is 8.39. The van der Waals surface area contributed by atoms with Gasteiger partial charge in [-0.1, -0.05) is 0 Å². The zero-order valence-corrected chi connectivity index (χ0v) is 13.9. The molecule has 2 heterocycles. The number of likely N-dealkylation sites (tertiary alicyclic amines) is 1. The number of non-ortho nitro benzene ring substituents is 1. The third-order valence-corrected chi connectivity index (χ3v) is 4.73. The van der Waals surface area contributed by atoms with Gasteiger partial charge in [-0.05, 0) is 38.1 Å². The number of hydrogen-bond donors (Lipinski definition) is 2. The summed E-state index contributed by atoms with van der Waals surface area (Å²) >= 11 is 0. The van der Waals surface area contributed by atoms with Crippen LogP contribution < -0.4 is 0 Å². The second kappa shape index (κ2) is 7.62. The molecule has 1 fully saturated rings. The van der Waals surface area contributed by atoms with Crippen LogP contribution in [0.2, 0.25) is 0 Å². The van der Waals surface area contributed by atoms with Gasteiger partial charge < -0.3 is 10.2 Å². The van der Waals surface area contributed by atoms with Gasteiger partial charge in [-0.2, -0.15) is 5.10 Å². The molecular formula is C17H22N4O4. The summed E-state index contributed by atoms with van der Waals surface area (Å²) in [7, 11) is 0. The number of aliphatic hydroxyl groups is 1. The van der Waals surface area contributed by atoms with E-state index >= 15 is 0 Å². The number of phenolic OH excluding ortho intramolecular Hbond substituents is 1. The lowest BCUT2D eigenvalue weighted by molar-refractivity contribution is -0.385. The SMILES string of the molecule is O=[N+]([O-])c1ccc(O)c(CN2CCC(c3ccnn3CCO)CC2)c1. The third kappa shape index (κ3) is 3.97. The highest BCUT2D eigenvalue weighted by molar-refractivity contribution is 5.43. The van der Waals surface area contributed by atoms with Gasteiger partial charge in [0.25, 0.3) is 5.69 Å². The molecule has 0 bridgehead atoms. The summed E-state index contributed by atoms with van der Waals surface area (Å²) < 4.78 is 1.85. The maximum atomic E-state index is 10.9. The number of nitro benzene ring substituents is 1. The van der Waals surface area contributed by atoms with Gasteiger partial charge in [0.15, 0.2) is 0 Å². The van der Waals surface area contributed by atoms with E-state index in [1.165, 1.54) is 18.2 Å². The number of nitrogens with zero attached hydrogens (tertiary/aromatic N) is 4. The predicted octanol–water partition coefficient (Wildman–Crippen LogP) is 1.87. The van der Waals surface area contributed by atoms with Crippen LogP contribution >= 0.6 is 0 Å². The zero-order chi connectivity index (χ0) is 17.8. The average molecular weight is 346 g/mol. The van der Waals surface area contributed by atoms with E-state index in [2.05, 4.69) is 10.00 Å². The van der Waals surface area contributed by atoms with Crippen molar-refractivity contribution in [2.24, 2.45) is 0 Å². The van der Waals surface area contributed by atoms with Crippen molar-refractivity contribution in [3.05, 3.63) is 51.8 Å². The maximum absolute atomic E-state index is 10.9. The highest BCUT2D eigenvalue weighted by Crippen LogP contribution is 2.30. The van der Waals surface area contributed by atoms with Crippen LogP contribution in [0.3, 0.4) is 0 Å². The molecule has 1 aromatic heterocycles. The van der Waals surface area contributed by atoms with Gasteiger partial charge in [-0.15, -0.1) is 0 Å². The summed E-state index contributed by atoms with van der Waals surface area (Å²) in [6.45, 7) is 2.76. The van der Waals surface area contributed by atoms with Crippen molar-refractivity contribution in [1.29, 1.82) is 0 Å². The molecule has 0 aliphatic carbocycles. The van der Waals surface area contributed by atoms with Crippen LogP contribution in [0.1, 0.15) is 30.0 Å². The molecule has 0 saturated carbocycles. The second-order valence-corrected chi connectivity index (χ2v) is 6.32. The van der Waals surface area contributed by atoms with Gasteiger partial charge in [0.2, 0.25) is 0 Å². The van der Waals surface area contributed by atoms with E-state index in [4.69, 9.17) is 5.11 Å². The second-order valence-electron chi connectivity index (χ2n) is 6.32. The number of aliphatic hydroxyl groups excluding tert-OH is 1. The fourth-order valence-corrected chi connectivity index (χ4v) is 3.41. The number of nitro groups is 1. The van der Waals surface area contributed by atoms with Crippen molar-refractivity contribution < 1.29 is 15.1 Å². The van der Waals surface area contributed by atoms with E-state index in [9.17, 15) is 15.2 Å². The Balaban J connectivity index is 1.62. The molecule has 0 spiro atoms. The highest BCUT2D eigenvalue weighted by Gasteiger charge is 2.24. The fraction of sp³-hybridized carbons (Fsp3) is 0.471. The van der Waals surface area contributed by atoms with E-state index in [1.807, 2.05) is 10.7 Å². The number of phenols is 1. The molecule has 2 N–H and O–H groups in total. The molecule has 2 aromatic rings. The first-order valence-electron chi connectivity index (χ1n) is 8.39. The maximum Gasteiger partial charge on any atom is 0.270 e. The molecule has 0 radical (unpaired) electrons. The van der Waals surface area contributed by atoms with Crippen molar-refractivity contribution in [2.75, 3.05) is 19.7 Å². The molecule has 1 aliphatic heterocycles. The molecule has 3 rings (SSSR count). The number of benzene rings is 1.